The second kappa shape index (κ2) is 5.98. The van der Waals surface area contributed by atoms with Crippen molar-refractivity contribution >= 4 is 5.97 Å². The average molecular weight is 252 g/mol. The number of carboxylic acid groups (broad SMARTS) is 1. The van der Waals surface area contributed by atoms with Gasteiger partial charge in [0, 0.05) is 12.8 Å². The van der Waals surface area contributed by atoms with Gasteiger partial charge < -0.3 is 14.6 Å². The predicted octanol–water partition coefficient (Wildman–Crippen LogP) is 2.53. The average Bonchev–Trinajstić information content (AvgIpc) is 2.33. The molecule has 0 unspecified atom stereocenters. The lowest BCUT2D eigenvalue weighted by Crippen LogP contribution is -2.52. The molecular formula is C14H20O4. The van der Waals surface area contributed by atoms with Gasteiger partial charge >= 0.3 is 5.97 Å². The van der Waals surface area contributed by atoms with Crippen molar-refractivity contribution in [3.05, 3.63) is 38.0 Å². The zero-order valence-corrected chi connectivity index (χ0v) is 10.6. The van der Waals surface area contributed by atoms with Gasteiger partial charge in [0.25, 0.3) is 0 Å². The molecule has 0 aromatic heterocycles. The van der Waals surface area contributed by atoms with Crippen molar-refractivity contribution in [3.63, 3.8) is 0 Å². The minimum absolute atomic E-state index is 0.107. The maximum Gasteiger partial charge on any atom is 0.314 e. The molecule has 4 heteroatoms. The fraction of sp³-hybridized carbons (Fsp3) is 0.500. The Hall–Kier alpha value is -1.39. The van der Waals surface area contributed by atoms with Crippen molar-refractivity contribution in [1.29, 1.82) is 0 Å². The normalized spacial score (nSPS) is 20.9. The Bertz CT molecular complexity index is 326. The molecule has 100 valence electrons. The molecule has 0 radical (unpaired) electrons. The van der Waals surface area contributed by atoms with Crippen molar-refractivity contribution < 1.29 is 19.4 Å². The molecule has 1 rings (SSSR count). The minimum atomic E-state index is -1.03. The van der Waals surface area contributed by atoms with Gasteiger partial charge in [-0.15, -0.1) is 19.7 Å². The fourth-order valence-corrected chi connectivity index (χ4v) is 1.99. The number of aliphatic carboxylic acids is 1. The second-order valence-electron chi connectivity index (χ2n) is 4.55. The lowest BCUT2D eigenvalue weighted by Gasteiger charge is -2.43. The molecule has 4 nitrogen and oxygen atoms in total. The van der Waals surface area contributed by atoms with Gasteiger partial charge in [0.1, 0.15) is 5.41 Å². The summed E-state index contributed by atoms with van der Waals surface area (Å²) < 4.78 is 11.4. The largest absolute Gasteiger partial charge is 0.481 e. The van der Waals surface area contributed by atoms with Crippen LogP contribution in [0.25, 0.3) is 0 Å². The van der Waals surface area contributed by atoms with E-state index in [0.29, 0.717) is 19.3 Å². The Morgan fingerprint density at radius 3 is 1.83 bits per heavy atom. The summed E-state index contributed by atoms with van der Waals surface area (Å²) in [5.74, 6) is -1.74. The number of carboxylic acids is 1. The summed E-state index contributed by atoms with van der Waals surface area (Å²) in [6.07, 6.45) is 6.30. The Balaban J connectivity index is 2.82. The standard InChI is InChI=1S/C14H20O4/c1-4-7-13(12(15)16)10-17-14(8-5-2,9-6-3)18-11-13/h4-6H,1-3,7-11H2,(H,15,16). The Morgan fingerprint density at radius 2 is 1.50 bits per heavy atom. The first-order chi connectivity index (χ1) is 8.54. The van der Waals surface area contributed by atoms with E-state index in [4.69, 9.17) is 9.47 Å². The molecule has 0 saturated carbocycles. The van der Waals surface area contributed by atoms with E-state index in [1.165, 1.54) is 0 Å². The summed E-state index contributed by atoms with van der Waals surface area (Å²) in [7, 11) is 0. The highest BCUT2D eigenvalue weighted by molar-refractivity contribution is 5.75. The van der Waals surface area contributed by atoms with Gasteiger partial charge in [-0.25, -0.2) is 0 Å². The van der Waals surface area contributed by atoms with E-state index in [2.05, 4.69) is 19.7 Å². The Labute approximate surface area is 108 Å². The summed E-state index contributed by atoms with van der Waals surface area (Å²) in [4.78, 5) is 11.3. The third-order valence-electron chi connectivity index (χ3n) is 3.12. The highest BCUT2D eigenvalue weighted by Crippen LogP contribution is 2.37. The number of ether oxygens (including phenoxy) is 2. The van der Waals surface area contributed by atoms with Crippen LogP contribution in [0.3, 0.4) is 0 Å². The van der Waals surface area contributed by atoms with Crippen LogP contribution in [0.15, 0.2) is 38.0 Å². The number of rotatable bonds is 7. The van der Waals surface area contributed by atoms with Crippen molar-refractivity contribution in [1.82, 2.24) is 0 Å². The first-order valence-corrected chi connectivity index (χ1v) is 5.88. The lowest BCUT2D eigenvalue weighted by molar-refractivity contribution is -0.297. The maximum atomic E-state index is 11.3. The Morgan fingerprint density at radius 1 is 1.06 bits per heavy atom. The molecule has 0 aromatic carbocycles. The van der Waals surface area contributed by atoms with E-state index in [0.717, 1.165) is 0 Å². The number of hydrogen-bond acceptors (Lipinski definition) is 3. The summed E-state index contributed by atoms with van der Waals surface area (Å²) in [5, 5.41) is 9.30. The molecule has 1 fully saturated rings. The van der Waals surface area contributed by atoms with Gasteiger partial charge in [0.15, 0.2) is 5.79 Å². The van der Waals surface area contributed by atoms with E-state index in [1.807, 2.05) is 0 Å². The minimum Gasteiger partial charge on any atom is -0.481 e. The fourth-order valence-electron chi connectivity index (χ4n) is 1.99. The number of carbonyl (C=O) groups is 1. The van der Waals surface area contributed by atoms with E-state index >= 15 is 0 Å². The van der Waals surface area contributed by atoms with E-state index in [-0.39, 0.29) is 13.2 Å². The first kappa shape index (κ1) is 14.7. The van der Waals surface area contributed by atoms with Gasteiger partial charge in [-0.1, -0.05) is 18.2 Å². The van der Waals surface area contributed by atoms with Crippen LogP contribution in [0.1, 0.15) is 19.3 Å². The quantitative estimate of drug-likeness (QED) is 0.707. The summed E-state index contributed by atoms with van der Waals surface area (Å²) >= 11 is 0. The lowest BCUT2D eigenvalue weighted by atomic mass is 9.85. The summed E-state index contributed by atoms with van der Waals surface area (Å²) in [5.41, 5.74) is -1.03. The molecule has 1 N–H and O–H groups in total. The van der Waals surface area contributed by atoms with Gasteiger partial charge in [-0.05, 0) is 6.42 Å². The van der Waals surface area contributed by atoms with Gasteiger partial charge in [-0.2, -0.15) is 0 Å². The van der Waals surface area contributed by atoms with Crippen LogP contribution in [0.2, 0.25) is 0 Å². The number of hydrogen-bond donors (Lipinski definition) is 1. The zero-order chi connectivity index (χ0) is 13.6. The summed E-state index contributed by atoms with van der Waals surface area (Å²) in [6.45, 7) is 11.1. The third kappa shape index (κ3) is 2.89. The molecular weight excluding hydrogens is 232 g/mol. The molecule has 0 spiro atoms. The van der Waals surface area contributed by atoms with Crippen LogP contribution in [-0.4, -0.2) is 30.1 Å². The van der Waals surface area contributed by atoms with Gasteiger partial charge in [-0.3, -0.25) is 4.79 Å². The van der Waals surface area contributed by atoms with Crippen LogP contribution >= 0.6 is 0 Å². The van der Waals surface area contributed by atoms with E-state index in [1.54, 1.807) is 18.2 Å². The molecule has 0 atom stereocenters. The molecule has 0 aliphatic carbocycles. The van der Waals surface area contributed by atoms with Crippen molar-refractivity contribution in [2.75, 3.05) is 13.2 Å². The Kier molecular flexibility index (Phi) is 4.87. The van der Waals surface area contributed by atoms with E-state index in [9.17, 15) is 9.90 Å². The smallest absolute Gasteiger partial charge is 0.314 e. The molecule has 18 heavy (non-hydrogen) atoms. The molecule has 0 bridgehead atoms. The molecule has 1 heterocycles. The SMILES string of the molecule is C=CCC1(CC=C)OCC(CC=C)(C(=O)O)CO1. The molecule has 1 aliphatic heterocycles. The van der Waals surface area contributed by atoms with Crippen molar-refractivity contribution in [2.24, 2.45) is 5.41 Å². The summed E-state index contributed by atoms with van der Waals surface area (Å²) in [6, 6.07) is 0. The van der Waals surface area contributed by atoms with Crippen LogP contribution < -0.4 is 0 Å². The maximum absolute atomic E-state index is 11.3. The molecule has 1 aliphatic rings. The zero-order valence-electron chi connectivity index (χ0n) is 10.6. The van der Waals surface area contributed by atoms with Crippen LogP contribution in [0.4, 0.5) is 0 Å². The van der Waals surface area contributed by atoms with Crippen LogP contribution in [0.5, 0.6) is 0 Å². The van der Waals surface area contributed by atoms with Crippen molar-refractivity contribution in [3.8, 4) is 0 Å². The van der Waals surface area contributed by atoms with Gasteiger partial charge in [0.2, 0.25) is 0 Å². The first-order valence-electron chi connectivity index (χ1n) is 5.88. The van der Waals surface area contributed by atoms with E-state index < -0.39 is 17.2 Å². The molecule has 0 amide bonds. The van der Waals surface area contributed by atoms with Crippen LogP contribution in [-0.2, 0) is 14.3 Å². The molecule has 1 saturated heterocycles. The second-order valence-corrected chi connectivity index (χ2v) is 4.55. The monoisotopic (exact) mass is 252 g/mol. The predicted molar refractivity (Wildman–Crippen MR) is 69.1 cm³/mol. The van der Waals surface area contributed by atoms with Crippen molar-refractivity contribution in [2.45, 2.75) is 25.0 Å². The molecule has 0 aromatic rings. The van der Waals surface area contributed by atoms with Crippen LogP contribution in [0, 0.1) is 5.41 Å². The third-order valence-corrected chi connectivity index (χ3v) is 3.12. The highest BCUT2D eigenvalue weighted by atomic mass is 16.7. The van der Waals surface area contributed by atoms with Gasteiger partial charge in [0.05, 0.1) is 13.2 Å². The number of allylic oxidation sites excluding steroid dienone is 1. The topological polar surface area (TPSA) is 55.8 Å². The highest BCUT2D eigenvalue weighted by Gasteiger charge is 2.47.